The van der Waals surface area contributed by atoms with E-state index in [4.69, 9.17) is 0 Å². The molecule has 0 atom stereocenters. The summed E-state index contributed by atoms with van der Waals surface area (Å²) in [7, 11) is 0. The van der Waals surface area contributed by atoms with Gasteiger partial charge in [-0.1, -0.05) is 0 Å². The van der Waals surface area contributed by atoms with Gasteiger partial charge in [0, 0.05) is 0 Å². The molecule has 0 aromatic rings. The van der Waals surface area contributed by atoms with Crippen molar-refractivity contribution >= 4 is 49.2 Å². The third kappa shape index (κ3) is 3.62. The van der Waals surface area contributed by atoms with E-state index >= 15 is 0 Å². The van der Waals surface area contributed by atoms with Gasteiger partial charge in [0.05, 0.1) is 0 Å². The Bertz CT molecular complexity index is 238. The first-order valence-corrected chi connectivity index (χ1v) is 14.9. The Kier molecular flexibility index (Phi) is 5.89. The normalized spacial score (nSPS) is 18.7. The molecule has 0 N–H and O–H groups in total. The van der Waals surface area contributed by atoms with Crippen molar-refractivity contribution in [1.82, 2.24) is 0 Å². The predicted octanol–water partition coefficient (Wildman–Crippen LogP) is 2.88. The molecule has 0 aromatic carbocycles. The second-order valence-corrected chi connectivity index (χ2v) is 19.5. The van der Waals surface area contributed by atoms with Crippen LogP contribution in [-0.2, 0) is 0 Å². The summed E-state index contributed by atoms with van der Waals surface area (Å²) < 4.78 is 2.18. The van der Waals surface area contributed by atoms with E-state index in [0.29, 0.717) is 10.6 Å². The van der Waals surface area contributed by atoms with Crippen molar-refractivity contribution in [3.8, 4) is 0 Å². The van der Waals surface area contributed by atoms with E-state index in [9.17, 15) is 0 Å². The Labute approximate surface area is 126 Å². The van der Waals surface area contributed by atoms with Gasteiger partial charge in [-0.25, -0.2) is 0 Å². The minimum atomic E-state index is 0.587. The average molecular weight is 429 g/mol. The van der Waals surface area contributed by atoms with Gasteiger partial charge in [-0.05, 0) is 0 Å². The van der Waals surface area contributed by atoms with Gasteiger partial charge in [-0.3, -0.25) is 0 Å². The van der Waals surface area contributed by atoms with E-state index in [2.05, 4.69) is 55.4 Å². The minimum absolute atomic E-state index is 0.587. The van der Waals surface area contributed by atoms with Gasteiger partial charge in [0.15, 0.2) is 0 Å². The summed E-state index contributed by atoms with van der Waals surface area (Å²) in [5, 5.41) is 1.17. The van der Waals surface area contributed by atoms with Crippen LogP contribution in [0.2, 0.25) is 10.6 Å². The average Bonchev–Trinajstić information content (AvgIpc) is 2.66. The van der Waals surface area contributed by atoms with Crippen LogP contribution in [0.5, 0.6) is 0 Å². The van der Waals surface area contributed by atoms with Crippen LogP contribution in [-0.4, -0.2) is 49.2 Å². The molecule has 0 aromatic heterocycles. The van der Waals surface area contributed by atoms with Crippen LogP contribution >= 0.6 is 0 Å². The van der Waals surface area contributed by atoms with E-state index in [-0.39, 0.29) is 0 Å². The molecule has 0 saturated carbocycles. The molecule has 1 rings (SSSR count). The summed E-state index contributed by atoms with van der Waals surface area (Å²) in [5.41, 5.74) is 0. The molecule has 1 saturated heterocycles. The molecule has 17 heavy (non-hydrogen) atoms. The molecule has 0 bridgehead atoms. The Hall–Kier alpha value is 1.69. The van der Waals surface area contributed by atoms with Crippen molar-refractivity contribution in [1.29, 1.82) is 0 Å². The summed E-state index contributed by atoms with van der Waals surface area (Å²) in [6.07, 6.45) is 0. The molecule has 0 nitrogen and oxygen atoms in total. The molecule has 0 radical (unpaired) electrons. The molecular formula is C12H26B2Se3. The number of rotatable bonds is 4. The summed E-state index contributed by atoms with van der Waals surface area (Å²) in [5.74, 6) is 1.68. The SMILES string of the molecule is CC(C)C(C)(C)B1[Se][Se]B(C(C)(C)C(C)C)[Se]1. The van der Waals surface area contributed by atoms with Gasteiger partial charge in [0.1, 0.15) is 0 Å². The second-order valence-electron chi connectivity index (χ2n) is 6.94. The quantitative estimate of drug-likeness (QED) is 0.604. The number of hydrogen-bond acceptors (Lipinski definition) is 0. The molecule has 98 valence electrons. The second kappa shape index (κ2) is 5.99. The molecule has 1 heterocycles. The van der Waals surface area contributed by atoms with E-state index < -0.39 is 0 Å². The summed E-state index contributed by atoms with van der Waals surface area (Å²) in [4.78, 5) is 0. The molecule has 0 unspecified atom stereocenters. The molecule has 5 heteroatoms. The fourth-order valence-electron chi connectivity index (χ4n) is 1.40. The maximum absolute atomic E-state index is 2.52. The van der Waals surface area contributed by atoms with Crippen LogP contribution in [0, 0.1) is 11.8 Å². The van der Waals surface area contributed by atoms with Gasteiger partial charge in [-0.2, -0.15) is 0 Å². The Morgan fingerprint density at radius 2 is 1.00 bits per heavy atom. The van der Waals surface area contributed by atoms with Crippen molar-refractivity contribution in [2.45, 2.75) is 66.0 Å². The molecular weight excluding hydrogens is 403 g/mol. The molecule has 1 aliphatic heterocycles. The first kappa shape index (κ1) is 16.7. The third-order valence-corrected chi connectivity index (χ3v) is 28.1. The van der Waals surface area contributed by atoms with Crippen molar-refractivity contribution < 1.29 is 0 Å². The van der Waals surface area contributed by atoms with Crippen LogP contribution in [0.4, 0.5) is 0 Å². The van der Waals surface area contributed by atoms with Crippen LogP contribution in [0.1, 0.15) is 55.4 Å². The Morgan fingerprint density at radius 1 is 0.706 bits per heavy atom. The standard InChI is InChI=1S/C12H26B2Se3/c1-9(2)11(5,6)13-15-14(17-16-13)12(7,8)10(3)4/h9-10H,1-8H3. The van der Waals surface area contributed by atoms with E-state index in [1.54, 1.807) is 0 Å². The maximum atomic E-state index is 2.52. The topological polar surface area (TPSA) is 0 Å². The van der Waals surface area contributed by atoms with Crippen LogP contribution in [0.3, 0.4) is 0 Å². The van der Waals surface area contributed by atoms with E-state index in [0.717, 1.165) is 61.0 Å². The van der Waals surface area contributed by atoms with Crippen LogP contribution in [0.25, 0.3) is 0 Å². The predicted molar refractivity (Wildman–Crippen MR) is 86.5 cm³/mol. The first-order valence-electron chi connectivity index (χ1n) is 6.57. The van der Waals surface area contributed by atoms with Gasteiger partial charge < -0.3 is 0 Å². The van der Waals surface area contributed by atoms with Gasteiger partial charge in [0.25, 0.3) is 0 Å². The monoisotopic (exact) mass is 432 g/mol. The van der Waals surface area contributed by atoms with Gasteiger partial charge in [0.2, 0.25) is 0 Å². The first-order chi connectivity index (χ1) is 7.60. The summed E-state index contributed by atoms with van der Waals surface area (Å²) in [6.45, 7) is 19.7. The zero-order valence-corrected chi connectivity index (χ0v) is 17.7. The zero-order chi connectivity index (χ0) is 13.4. The Balaban J connectivity index is 2.71. The fraction of sp³-hybridized carbons (Fsp3) is 1.00. The van der Waals surface area contributed by atoms with Crippen LogP contribution in [0.15, 0.2) is 0 Å². The molecule has 0 spiro atoms. The van der Waals surface area contributed by atoms with Crippen molar-refractivity contribution in [2.24, 2.45) is 11.8 Å². The van der Waals surface area contributed by atoms with Crippen molar-refractivity contribution in [3.05, 3.63) is 0 Å². The summed E-state index contributed by atoms with van der Waals surface area (Å²) in [6, 6.07) is 0. The Morgan fingerprint density at radius 3 is 1.24 bits per heavy atom. The molecule has 1 fully saturated rings. The van der Waals surface area contributed by atoms with Crippen LogP contribution < -0.4 is 0 Å². The molecule has 1 aliphatic rings. The van der Waals surface area contributed by atoms with Gasteiger partial charge >= 0.3 is 127 Å². The zero-order valence-electron chi connectivity index (χ0n) is 12.5. The van der Waals surface area contributed by atoms with E-state index in [1.807, 2.05) is 0 Å². The van der Waals surface area contributed by atoms with Gasteiger partial charge in [-0.15, -0.1) is 0 Å². The molecule has 0 amide bonds. The number of hydrogen-bond donors (Lipinski definition) is 0. The third-order valence-electron chi connectivity index (χ3n) is 4.67. The molecule has 0 aliphatic carbocycles. The van der Waals surface area contributed by atoms with E-state index in [1.165, 1.54) is 0 Å². The fourth-order valence-corrected chi connectivity index (χ4v) is 30.4. The van der Waals surface area contributed by atoms with Crippen molar-refractivity contribution in [2.75, 3.05) is 0 Å². The van der Waals surface area contributed by atoms with Crippen molar-refractivity contribution in [3.63, 3.8) is 0 Å². The summed E-state index contributed by atoms with van der Waals surface area (Å²) >= 11 is 2.80.